The molecular formula is C10H10BrF2NO2. The molecule has 0 aliphatic carbocycles. The molecule has 0 saturated carbocycles. The molecule has 0 bridgehead atoms. The van der Waals surface area contributed by atoms with Gasteiger partial charge in [0.15, 0.2) is 0 Å². The van der Waals surface area contributed by atoms with Crippen LogP contribution < -0.4 is 0 Å². The van der Waals surface area contributed by atoms with E-state index in [1.807, 2.05) is 0 Å². The lowest BCUT2D eigenvalue weighted by Crippen LogP contribution is -2.13. The van der Waals surface area contributed by atoms with E-state index in [-0.39, 0.29) is 16.8 Å². The van der Waals surface area contributed by atoms with Crippen LogP contribution in [-0.4, -0.2) is 16.1 Å². The predicted molar refractivity (Wildman–Crippen MR) is 58.1 cm³/mol. The quantitative estimate of drug-likeness (QED) is 0.871. The Labute approximate surface area is 99.6 Å². The summed E-state index contributed by atoms with van der Waals surface area (Å²) in [7, 11) is 0. The lowest BCUT2D eigenvalue weighted by Gasteiger charge is -2.13. The van der Waals surface area contributed by atoms with Gasteiger partial charge < -0.3 is 5.11 Å². The Kier molecular flexibility index (Phi) is 3.62. The van der Waals surface area contributed by atoms with Crippen LogP contribution in [0.2, 0.25) is 0 Å². The van der Waals surface area contributed by atoms with Crippen molar-refractivity contribution in [3.05, 3.63) is 28.6 Å². The topological polar surface area (TPSA) is 50.2 Å². The number of pyridine rings is 1. The molecule has 16 heavy (non-hydrogen) atoms. The molecular weight excluding hydrogens is 284 g/mol. The number of carboxylic acid groups (broad SMARTS) is 1. The van der Waals surface area contributed by atoms with Gasteiger partial charge >= 0.3 is 10.8 Å². The Morgan fingerprint density at radius 2 is 2.19 bits per heavy atom. The number of hydrogen-bond donors (Lipinski definition) is 1. The molecule has 1 aromatic heterocycles. The number of nitrogens with zero attached hydrogens (tertiary/aromatic N) is 1. The number of aryl methyl sites for hydroxylation is 2. The fourth-order valence-electron chi connectivity index (χ4n) is 1.43. The molecule has 0 aliphatic rings. The molecule has 1 heterocycles. The van der Waals surface area contributed by atoms with Crippen LogP contribution in [0.25, 0.3) is 0 Å². The molecule has 1 aromatic rings. The van der Waals surface area contributed by atoms with Crippen molar-refractivity contribution in [1.29, 1.82) is 0 Å². The number of hydrogen-bond acceptors (Lipinski definition) is 2. The highest BCUT2D eigenvalue weighted by Crippen LogP contribution is 2.34. The summed E-state index contributed by atoms with van der Waals surface area (Å²) in [6, 6.07) is 1.08. The van der Waals surface area contributed by atoms with Crippen LogP contribution in [0.5, 0.6) is 0 Å². The van der Waals surface area contributed by atoms with Gasteiger partial charge in [0.1, 0.15) is 5.69 Å². The summed E-state index contributed by atoms with van der Waals surface area (Å²) in [6.07, 6.45) is 0.291. The average Bonchev–Trinajstić information content (AvgIpc) is 2.14. The minimum absolute atomic E-state index is 0.00278. The van der Waals surface area contributed by atoms with Crippen molar-refractivity contribution in [2.75, 3.05) is 0 Å². The first-order chi connectivity index (χ1) is 7.27. The second-order valence-electron chi connectivity index (χ2n) is 3.30. The van der Waals surface area contributed by atoms with E-state index < -0.39 is 16.5 Å². The van der Waals surface area contributed by atoms with Crippen molar-refractivity contribution in [1.82, 2.24) is 4.98 Å². The van der Waals surface area contributed by atoms with Crippen molar-refractivity contribution >= 4 is 21.9 Å². The summed E-state index contributed by atoms with van der Waals surface area (Å²) in [4.78, 5) is 11.4. The molecule has 0 aromatic carbocycles. The SMILES string of the molecule is CCc1nc(C(F)(F)Br)cc(C)c1C(=O)O. The summed E-state index contributed by atoms with van der Waals surface area (Å²) >= 11 is 2.20. The maximum Gasteiger partial charge on any atom is 0.343 e. The highest BCUT2D eigenvalue weighted by atomic mass is 79.9. The van der Waals surface area contributed by atoms with Gasteiger partial charge in [-0.15, -0.1) is 0 Å². The van der Waals surface area contributed by atoms with E-state index >= 15 is 0 Å². The van der Waals surface area contributed by atoms with Gasteiger partial charge in [-0.1, -0.05) is 6.92 Å². The highest BCUT2D eigenvalue weighted by molar-refractivity contribution is 9.09. The van der Waals surface area contributed by atoms with Gasteiger partial charge in [-0.3, -0.25) is 0 Å². The van der Waals surface area contributed by atoms with E-state index in [4.69, 9.17) is 5.11 Å². The maximum atomic E-state index is 13.0. The molecule has 0 aliphatic heterocycles. The van der Waals surface area contributed by atoms with E-state index in [1.165, 1.54) is 6.92 Å². The fraction of sp³-hybridized carbons (Fsp3) is 0.400. The molecule has 0 fully saturated rings. The van der Waals surface area contributed by atoms with Crippen LogP contribution in [0.15, 0.2) is 6.07 Å². The first-order valence-electron chi connectivity index (χ1n) is 4.58. The van der Waals surface area contributed by atoms with Gasteiger partial charge in [-0.05, 0) is 40.9 Å². The van der Waals surface area contributed by atoms with Gasteiger partial charge in [-0.25, -0.2) is 9.78 Å². The van der Waals surface area contributed by atoms with Crippen LogP contribution >= 0.6 is 15.9 Å². The second kappa shape index (κ2) is 4.45. The van der Waals surface area contributed by atoms with Crippen molar-refractivity contribution in [2.24, 2.45) is 0 Å². The van der Waals surface area contributed by atoms with E-state index in [0.29, 0.717) is 6.42 Å². The smallest absolute Gasteiger partial charge is 0.343 e. The van der Waals surface area contributed by atoms with Crippen LogP contribution in [0, 0.1) is 6.92 Å². The van der Waals surface area contributed by atoms with E-state index in [2.05, 4.69) is 20.9 Å². The third kappa shape index (κ3) is 2.55. The zero-order chi connectivity index (χ0) is 12.5. The zero-order valence-corrected chi connectivity index (χ0v) is 10.3. The molecule has 0 radical (unpaired) electrons. The van der Waals surface area contributed by atoms with Crippen molar-refractivity contribution in [3.8, 4) is 0 Å². The van der Waals surface area contributed by atoms with Crippen molar-refractivity contribution < 1.29 is 18.7 Å². The third-order valence-corrected chi connectivity index (χ3v) is 2.54. The Morgan fingerprint density at radius 3 is 2.56 bits per heavy atom. The number of carbonyl (C=O) groups is 1. The summed E-state index contributed by atoms with van der Waals surface area (Å²) in [5, 5.41) is 8.93. The van der Waals surface area contributed by atoms with Crippen LogP contribution in [0.3, 0.4) is 0 Å². The minimum Gasteiger partial charge on any atom is -0.478 e. The summed E-state index contributed by atoms with van der Waals surface area (Å²) in [6.45, 7) is 3.15. The van der Waals surface area contributed by atoms with E-state index in [9.17, 15) is 13.6 Å². The van der Waals surface area contributed by atoms with Gasteiger partial charge in [-0.2, -0.15) is 8.78 Å². The maximum absolute atomic E-state index is 13.0. The molecule has 1 N–H and O–H groups in total. The van der Waals surface area contributed by atoms with Crippen molar-refractivity contribution in [2.45, 2.75) is 25.1 Å². The van der Waals surface area contributed by atoms with E-state index in [0.717, 1.165) is 6.07 Å². The number of halogens is 3. The molecule has 0 spiro atoms. The molecule has 0 unspecified atom stereocenters. The molecule has 6 heteroatoms. The summed E-state index contributed by atoms with van der Waals surface area (Å²) in [5.41, 5.74) is -0.00931. The Morgan fingerprint density at radius 1 is 1.62 bits per heavy atom. The van der Waals surface area contributed by atoms with Crippen LogP contribution in [0.1, 0.15) is 34.2 Å². The molecule has 1 rings (SSSR count). The lowest BCUT2D eigenvalue weighted by molar-refractivity contribution is 0.0692. The molecule has 88 valence electrons. The number of carboxylic acids is 1. The first-order valence-corrected chi connectivity index (χ1v) is 5.37. The van der Waals surface area contributed by atoms with Crippen LogP contribution in [0.4, 0.5) is 8.78 Å². The predicted octanol–water partition coefficient (Wildman–Crippen LogP) is 3.09. The molecule has 0 amide bonds. The fourth-order valence-corrected chi connectivity index (χ4v) is 1.63. The Balaban J connectivity index is 3.44. The molecule has 0 saturated heterocycles. The Bertz CT molecular complexity index is 430. The number of rotatable bonds is 3. The standard InChI is InChI=1S/C10H10BrF2NO2/c1-3-6-8(9(15)16)5(2)4-7(14-6)10(11,12)13/h4H,3H2,1-2H3,(H,15,16). The lowest BCUT2D eigenvalue weighted by atomic mass is 10.0. The van der Waals surface area contributed by atoms with Gasteiger partial charge in [0.25, 0.3) is 0 Å². The summed E-state index contributed by atoms with van der Waals surface area (Å²) < 4.78 is 26.0. The number of alkyl halides is 3. The van der Waals surface area contributed by atoms with Crippen LogP contribution in [-0.2, 0) is 11.3 Å². The summed E-state index contributed by atoms with van der Waals surface area (Å²) in [5.74, 6) is -1.15. The molecule has 3 nitrogen and oxygen atoms in total. The van der Waals surface area contributed by atoms with E-state index in [1.54, 1.807) is 6.92 Å². The number of aromatic carboxylic acids is 1. The monoisotopic (exact) mass is 293 g/mol. The highest BCUT2D eigenvalue weighted by Gasteiger charge is 2.31. The van der Waals surface area contributed by atoms with Gasteiger partial charge in [0, 0.05) is 0 Å². The Hall–Kier alpha value is -1.04. The zero-order valence-electron chi connectivity index (χ0n) is 8.72. The second-order valence-corrected chi connectivity index (χ2v) is 4.30. The van der Waals surface area contributed by atoms with Gasteiger partial charge in [0.2, 0.25) is 0 Å². The third-order valence-electron chi connectivity index (χ3n) is 2.13. The average molecular weight is 294 g/mol. The minimum atomic E-state index is -3.24. The van der Waals surface area contributed by atoms with Crippen molar-refractivity contribution in [3.63, 3.8) is 0 Å². The van der Waals surface area contributed by atoms with Gasteiger partial charge in [0.05, 0.1) is 11.3 Å². The molecule has 0 atom stereocenters. The number of aromatic nitrogens is 1. The first kappa shape index (κ1) is 13.0. The largest absolute Gasteiger partial charge is 0.478 e. The normalized spacial score (nSPS) is 11.6.